The fraction of sp³-hybridized carbons (Fsp3) is 0.241. The Morgan fingerprint density at radius 2 is 1.74 bits per heavy atom. The maximum atomic E-state index is 12.9. The number of aromatic nitrogens is 2. The maximum absolute atomic E-state index is 12.9. The fourth-order valence-electron chi connectivity index (χ4n) is 4.36. The van der Waals surface area contributed by atoms with Crippen molar-refractivity contribution in [2.24, 2.45) is 0 Å². The van der Waals surface area contributed by atoms with E-state index in [1.54, 1.807) is 19.4 Å². The van der Waals surface area contributed by atoms with E-state index in [0.29, 0.717) is 17.9 Å². The Bertz CT molecular complexity index is 1430. The Kier molecular flexibility index (Phi) is 8.38. The van der Waals surface area contributed by atoms with E-state index in [9.17, 15) is 14.7 Å². The number of aliphatic carboxylic acids is 1. The number of hydrogen-bond donors (Lipinski definition) is 3. The highest BCUT2D eigenvalue weighted by atomic mass is 32.1. The predicted octanol–water partition coefficient (Wildman–Crippen LogP) is 5.18. The average molecular weight is 531 g/mol. The van der Waals surface area contributed by atoms with E-state index in [1.807, 2.05) is 69.3 Å². The lowest BCUT2D eigenvalue weighted by Crippen LogP contribution is -2.42. The minimum absolute atomic E-state index is 0.177. The molecule has 1 unspecified atom stereocenters. The predicted molar refractivity (Wildman–Crippen MR) is 149 cm³/mol. The number of carbonyl (C=O) groups excluding carboxylic acids is 1. The number of aryl methyl sites for hydroxylation is 3. The van der Waals surface area contributed by atoms with Crippen molar-refractivity contribution in [1.82, 2.24) is 14.7 Å². The Labute approximate surface area is 225 Å². The lowest BCUT2D eigenvalue weighted by molar-refractivity contribution is -0.139. The smallest absolute Gasteiger partial charge is 0.326 e. The number of ether oxygens (including phenoxy) is 1. The number of carbonyl (C=O) groups is 2. The molecule has 1 atom stereocenters. The summed E-state index contributed by atoms with van der Waals surface area (Å²) in [6, 6.07) is 16.1. The highest BCUT2D eigenvalue weighted by Gasteiger charge is 2.23. The summed E-state index contributed by atoms with van der Waals surface area (Å²) in [5.41, 5.74) is 5.92. The number of rotatable bonds is 10. The Balaban J connectivity index is 1.39. The molecule has 0 saturated carbocycles. The molecule has 0 saturated heterocycles. The van der Waals surface area contributed by atoms with Crippen LogP contribution in [-0.2, 0) is 17.8 Å². The molecule has 9 heteroatoms. The molecule has 2 heterocycles. The highest BCUT2D eigenvalue weighted by molar-refractivity contribution is 7.09. The van der Waals surface area contributed by atoms with Crippen molar-refractivity contribution >= 4 is 29.2 Å². The maximum Gasteiger partial charge on any atom is 0.326 e. The van der Waals surface area contributed by atoms with E-state index in [1.165, 1.54) is 11.5 Å². The van der Waals surface area contributed by atoms with Crippen molar-refractivity contribution in [3.8, 4) is 16.2 Å². The third-order valence-electron chi connectivity index (χ3n) is 6.16. The normalized spacial score (nSPS) is 11.6. The van der Waals surface area contributed by atoms with Crippen LogP contribution in [0.1, 0.15) is 38.3 Å². The number of nitrogens with one attached hydrogen (secondary N) is 2. The Morgan fingerprint density at radius 3 is 2.39 bits per heavy atom. The van der Waals surface area contributed by atoms with Crippen molar-refractivity contribution in [2.75, 3.05) is 12.4 Å². The van der Waals surface area contributed by atoms with Gasteiger partial charge in [0.15, 0.2) is 0 Å². The van der Waals surface area contributed by atoms with Gasteiger partial charge in [-0.3, -0.25) is 4.79 Å². The second kappa shape index (κ2) is 11.9. The lowest BCUT2D eigenvalue weighted by atomic mass is 9.98. The van der Waals surface area contributed by atoms with Gasteiger partial charge < -0.3 is 20.5 Å². The zero-order valence-electron chi connectivity index (χ0n) is 21.7. The topological polar surface area (TPSA) is 113 Å². The summed E-state index contributed by atoms with van der Waals surface area (Å²) in [6.45, 7) is 6.21. The molecule has 0 bridgehead atoms. The van der Waals surface area contributed by atoms with Crippen LogP contribution in [0, 0.1) is 20.8 Å². The molecule has 4 rings (SSSR count). The molecule has 0 fully saturated rings. The van der Waals surface area contributed by atoms with Gasteiger partial charge in [-0.05, 0) is 66.7 Å². The molecule has 0 radical (unpaired) electrons. The van der Waals surface area contributed by atoms with Crippen molar-refractivity contribution in [2.45, 2.75) is 39.8 Å². The van der Waals surface area contributed by atoms with E-state index in [0.717, 1.165) is 44.1 Å². The largest absolute Gasteiger partial charge is 0.497 e. The monoisotopic (exact) mass is 530 g/mol. The number of methoxy groups -OCH3 is 1. The number of pyridine rings is 1. The average Bonchev–Trinajstić information content (AvgIpc) is 3.36. The summed E-state index contributed by atoms with van der Waals surface area (Å²) < 4.78 is 9.74. The van der Waals surface area contributed by atoms with Gasteiger partial charge in [0.1, 0.15) is 17.6 Å². The SMILES string of the molecule is COc1ccnc(NCc2cc(-c3ccc(CC(NC(=O)c4c(C)cc(C)cc4C)C(=O)O)cc3)sn2)c1. The Hall–Kier alpha value is -4.24. The van der Waals surface area contributed by atoms with E-state index in [4.69, 9.17) is 4.74 Å². The third kappa shape index (κ3) is 6.54. The number of amides is 1. The van der Waals surface area contributed by atoms with Crippen LogP contribution in [0.2, 0.25) is 0 Å². The molecule has 2 aromatic carbocycles. The fourth-order valence-corrected chi connectivity index (χ4v) is 5.12. The summed E-state index contributed by atoms with van der Waals surface area (Å²) in [7, 11) is 1.61. The van der Waals surface area contributed by atoms with Crippen molar-refractivity contribution in [3.63, 3.8) is 0 Å². The molecule has 38 heavy (non-hydrogen) atoms. The molecule has 3 N–H and O–H groups in total. The van der Waals surface area contributed by atoms with Gasteiger partial charge in [-0.15, -0.1) is 0 Å². The highest BCUT2D eigenvalue weighted by Crippen LogP contribution is 2.26. The van der Waals surface area contributed by atoms with Gasteiger partial charge in [0.25, 0.3) is 5.91 Å². The van der Waals surface area contributed by atoms with Crippen LogP contribution in [0.4, 0.5) is 5.82 Å². The molecule has 0 aliphatic heterocycles. The lowest BCUT2D eigenvalue weighted by Gasteiger charge is -2.17. The molecule has 0 spiro atoms. The van der Waals surface area contributed by atoms with Crippen molar-refractivity contribution in [1.29, 1.82) is 0 Å². The first-order valence-electron chi connectivity index (χ1n) is 12.1. The van der Waals surface area contributed by atoms with E-state index < -0.39 is 12.0 Å². The number of carboxylic acid groups (broad SMARTS) is 1. The number of benzene rings is 2. The van der Waals surface area contributed by atoms with Gasteiger partial charge in [0.2, 0.25) is 0 Å². The van der Waals surface area contributed by atoms with Crippen molar-refractivity contribution < 1.29 is 19.4 Å². The van der Waals surface area contributed by atoms with E-state index >= 15 is 0 Å². The summed E-state index contributed by atoms with van der Waals surface area (Å²) >= 11 is 1.39. The zero-order chi connectivity index (χ0) is 27.2. The first kappa shape index (κ1) is 26.8. The van der Waals surface area contributed by atoms with Crippen LogP contribution in [0.5, 0.6) is 5.75 Å². The number of carboxylic acids is 1. The molecule has 0 aliphatic carbocycles. The standard InChI is InChI=1S/C29H30N4O4S/c1-17-11-18(2)27(19(3)12-17)28(34)32-24(29(35)36)13-20-5-7-21(8-6-20)25-14-22(33-38-25)16-31-26-15-23(37-4)9-10-30-26/h5-12,14-15,24H,13,16H2,1-4H3,(H,30,31)(H,32,34)(H,35,36). The van der Waals surface area contributed by atoms with Crippen LogP contribution < -0.4 is 15.4 Å². The summed E-state index contributed by atoms with van der Waals surface area (Å²) in [4.78, 5) is 30.1. The molecule has 2 aromatic heterocycles. The molecule has 0 aliphatic rings. The molecule has 8 nitrogen and oxygen atoms in total. The second-order valence-corrected chi connectivity index (χ2v) is 9.96. The van der Waals surface area contributed by atoms with Gasteiger partial charge in [-0.1, -0.05) is 42.0 Å². The van der Waals surface area contributed by atoms with Crippen LogP contribution in [0.25, 0.3) is 10.4 Å². The van der Waals surface area contributed by atoms with Gasteiger partial charge in [0.05, 0.1) is 24.2 Å². The van der Waals surface area contributed by atoms with E-state index in [-0.39, 0.29) is 12.3 Å². The molecular weight excluding hydrogens is 500 g/mol. The second-order valence-electron chi connectivity index (χ2n) is 9.16. The van der Waals surface area contributed by atoms with Crippen LogP contribution in [-0.4, -0.2) is 39.5 Å². The van der Waals surface area contributed by atoms with E-state index in [2.05, 4.69) is 20.0 Å². The van der Waals surface area contributed by atoms with Crippen LogP contribution >= 0.6 is 11.5 Å². The van der Waals surface area contributed by atoms with Crippen LogP contribution in [0.15, 0.2) is 60.8 Å². The van der Waals surface area contributed by atoms with Crippen LogP contribution in [0.3, 0.4) is 0 Å². The Morgan fingerprint density at radius 1 is 1.03 bits per heavy atom. The van der Waals surface area contributed by atoms with Crippen molar-refractivity contribution in [3.05, 3.63) is 94.3 Å². The van der Waals surface area contributed by atoms with Gasteiger partial charge in [-0.2, -0.15) is 4.37 Å². The number of nitrogens with zero attached hydrogens (tertiary/aromatic N) is 2. The first-order valence-corrected chi connectivity index (χ1v) is 12.9. The van der Waals surface area contributed by atoms with Gasteiger partial charge in [0, 0.05) is 24.2 Å². The number of hydrogen-bond acceptors (Lipinski definition) is 7. The molecule has 4 aromatic rings. The molecule has 196 valence electrons. The first-order chi connectivity index (χ1) is 18.2. The third-order valence-corrected chi connectivity index (χ3v) is 7.04. The quantitative estimate of drug-likeness (QED) is 0.259. The minimum atomic E-state index is -1.07. The number of anilines is 1. The summed E-state index contributed by atoms with van der Waals surface area (Å²) in [5, 5.41) is 15.7. The van der Waals surface area contributed by atoms with Gasteiger partial charge >= 0.3 is 5.97 Å². The zero-order valence-corrected chi connectivity index (χ0v) is 22.6. The minimum Gasteiger partial charge on any atom is -0.497 e. The summed E-state index contributed by atoms with van der Waals surface area (Å²) in [6.07, 6.45) is 1.86. The molecular formula is C29H30N4O4S. The summed E-state index contributed by atoms with van der Waals surface area (Å²) in [5.74, 6) is -0.0170. The van der Waals surface area contributed by atoms with Gasteiger partial charge in [-0.25, -0.2) is 9.78 Å². The molecule has 1 amide bonds.